The van der Waals surface area contributed by atoms with Crippen molar-refractivity contribution in [3.05, 3.63) is 54.5 Å². The molecule has 1 aromatic carbocycles. The third-order valence-electron chi connectivity index (χ3n) is 6.12. The molecule has 2 aliphatic rings. The van der Waals surface area contributed by atoms with E-state index in [0.717, 1.165) is 66.9 Å². The standard InChI is InChI=1S/C24H27N3O3/c1-17-15-19(16-27-13-10-25-23(17)27)18-4-6-20(7-5-18)30-21-8-11-26(12-9-21)24(28)22-3-2-14-29-22/h4-7,10,13,15-16,21-22H,2-3,8-9,11-12,14H2,1H3/t22-/m1/s1. The number of benzene rings is 1. The predicted molar refractivity (Wildman–Crippen MR) is 115 cm³/mol. The fraction of sp³-hybridized carbons (Fsp3) is 0.417. The molecule has 4 heterocycles. The molecule has 0 unspecified atom stereocenters. The molecule has 2 fully saturated rings. The summed E-state index contributed by atoms with van der Waals surface area (Å²) in [4.78, 5) is 18.8. The molecular weight excluding hydrogens is 378 g/mol. The van der Waals surface area contributed by atoms with Crippen LogP contribution in [0.1, 0.15) is 31.2 Å². The van der Waals surface area contributed by atoms with Crippen LogP contribution in [0.5, 0.6) is 5.75 Å². The molecule has 30 heavy (non-hydrogen) atoms. The fourth-order valence-corrected chi connectivity index (χ4v) is 4.45. The number of piperidine rings is 1. The molecule has 0 radical (unpaired) electrons. The number of hydrogen-bond acceptors (Lipinski definition) is 4. The number of fused-ring (bicyclic) bond motifs is 1. The second kappa shape index (κ2) is 8.11. The maximum atomic E-state index is 12.5. The van der Waals surface area contributed by atoms with Gasteiger partial charge >= 0.3 is 0 Å². The number of imidazole rings is 1. The van der Waals surface area contributed by atoms with Gasteiger partial charge in [0.2, 0.25) is 0 Å². The zero-order valence-electron chi connectivity index (χ0n) is 17.3. The van der Waals surface area contributed by atoms with Gasteiger partial charge in [-0.3, -0.25) is 4.79 Å². The van der Waals surface area contributed by atoms with Crippen LogP contribution in [-0.4, -0.2) is 52.1 Å². The van der Waals surface area contributed by atoms with Crippen LogP contribution < -0.4 is 4.74 Å². The van der Waals surface area contributed by atoms with Gasteiger partial charge in [-0.25, -0.2) is 4.98 Å². The Balaban J connectivity index is 1.20. The van der Waals surface area contributed by atoms with Gasteiger partial charge in [-0.05, 0) is 54.7 Å². The number of nitrogens with zero attached hydrogens (tertiary/aromatic N) is 3. The lowest BCUT2D eigenvalue weighted by Gasteiger charge is -2.33. The van der Waals surface area contributed by atoms with Crippen molar-refractivity contribution in [2.45, 2.75) is 44.8 Å². The highest BCUT2D eigenvalue weighted by Gasteiger charge is 2.31. The molecule has 2 saturated heterocycles. The topological polar surface area (TPSA) is 56.1 Å². The van der Waals surface area contributed by atoms with E-state index in [1.807, 2.05) is 29.4 Å². The number of carbonyl (C=O) groups excluding carboxylic acids is 1. The minimum absolute atomic E-state index is 0.147. The van der Waals surface area contributed by atoms with Gasteiger partial charge in [0.15, 0.2) is 0 Å². The SMILES string of the molecule is Cc1cc(-c2ccc(OC3CCN(C(=O)[C@H]4CCCO4)CC3)cc2)cn2ccnc12. The predicted octanol–water partition coefficient (Wildman–Crippen LogP) is 3.86. The van der Waals surface area contributed by atoms with Crippen molar-refractivity contribution in [1.82, 2.24) is 14.3 Å². The minimum atomic E-state index is -0.222. The lowest BCUT2D eigenvalue weighted by atomic mass is 10.0. The smallest absolute Gasteiger partial charge is 0.251 e. The van der Waals surface area contributed by atoms with E-state index in [4.69, 9.17) is 9.47 Å². The highest BCUT2D eigenvalue weighted by atomic mass is 16.5. The van der Waals surface area contributed by atoms with Crippen molar-refractivity contribution in [1.29, 1.82) is 0 Å². The second-order valence-corrected chi connectivity index (χ2v) is 8.24. The van der Waals surface area contributed by atoms with Gasteiger partial charge in [-0.2, -0.15) is 0 Å². The molecular formula is C24H27N3O3. The van der Waals surface area contributed by atoms with Crippen LogP contribution in [0, 0.1) is 6.92 Å². The summed E-state index contributed by atoms with van der Waals surface area (Å²) in [6.45, 7) is 4.28. The van der Waals surface area contributed by atoms with E-state index in [1.165, 1.54) is 0 Å². The monoisotopic (exact) mass is 405 g/mol. The van der Waals surface area contributed by atoms with E-state index < -0.39 is 0 Å². The van der Waals surface area contributed by atoms with Gasteiger partial charge in [0, 0.05) is 51.1 Å². The molecule has 3 aromatic rings. The van der Waals surface area contributed by atoms with Crippen LogP contribution in [-0.2, 0) is 9.53 Å². The summed E-state index contributed by atoms with van der Waals surface area (Å²) in [6, 6.07) is 10.4. The van der Waals surface area contributed by atoms with E-state index in [9.17, 15) is 4.79 Å². The Morgan fingerprint density at radius 1 is 1.13 bits per heavy atom. The van der Waals surface area contributed by atoms with Gasteiger partial charge in [0.05, 0.1) is 0 Å². The third kappa shape index (κ3) is 3.79. The van der Waals surface area contributed by atoms with Gasteiger partial charge in [-0.15, -0.1) is 0 Å². The Kier molecular flexibility index (Phi) is 5.17. The molecule has 0 N–H and O–H groups in total. The van der Waals surface area contributed by atoms with Crippen LogP contribution in [0.25, 0.3) is 16.8 Å². The lowest BCUT2D eigenvalue weighted by Crippen LogP contribution is -2.45. The molecule has 0 aliphatic carbocycles. The van der Waals surface area contributed by atoms with Crippen molar-refractivity contribution in [2.75, 3.05) is 19.7 Å². The molecule has 2 aliphatic heterocycles. The van der Waals surface area contributed by atoms with Gasteiger partial charge in [0.1, 0.15) is 23.6 Å². The molecule has 156 valence electrons. The Labute approximate surface area is 176 Å². The highest BCUT2D eigenvalue weighted by molar-refractivity contribution is 5.81. The first-order valence-electron chi connectivity index (χ1n) is 10.8. The van der Waals surface area contributed by atoms with Crippen LogP contribution in [0.2, 0.25) is 0 Å². The first-order chi connectivity index (χ1) is 14.7. The average Bonchev–Trinajstić information content (AvgIpc) is 3.47. The summed E-state index contributed by atoms with van der Waals surface area (Å²) in [7, 11) is 0. The zero-order valence-corrected chi connectivity index (χ0v) is 17.3. The van der Waals surface area contributed by atoms with E-state index in [0.29, 0.717) is 6.61 Å². The molecule has 0 saturated carbocycles. The highest BCUT2D eigenvalue weighted by Crippen LogP contribution is 2.26. The maximum Gasteiger partial charge on any atom is 0.251 e. The normalized spacial score (nSPS) is 20.0. The molecule has 0 bridgehead atoms. The van der Waals surface area contributed by atoms with Crippen LogP contribution in [0.15, 0.2) is 48.9 Å². The maximum absolute atomic E-state index is 12.5. The Morgan fingerprint density at radius 2 is 1.93 bits per heavy atom. The van der Waals surface area contributed by atoms with Crippen LogP contribution in [0.4, 0.5) is 0 Å². The summed E-state index contributed by atoms with van der Waals surface area (Å²) >= 11 is 0. The fourth-order valence-electron chi connectivity index (χ4n) is 4.45. The van der Waals surface area contributed by atoms with E-state index >= 15 is 0 Å². The summed E-state index contributed by atoms with van der Waals surface area (Å²) in [5.41, 5.74) is 4.45. The van der Waals surface area contributed by atoms with E-state index in [-0.39, 0.29) is 18.1 Å². The largest absolute Gasteiger partial charge is 0.490 e. The molecule has 5 rings (SSSR count). The number of pyridine rings is 1. The quantitative estimate of drug-likeness (QED) is 0.661. The molecule has 1 atom stereocenters. The first kappa shape index (κ1) is 19.1. The van der Waals surface area contributed by atoms with Crippen LogP contribution in [0.3, 0.4) is 0 Å². The van der Waals surface area contributed by atoms with E-state index in [2.05, 4.69) is 40.7 Å². The van der Waals surface area contributed by atoms with Crippen molar-refractivity contribution < 1.29 is 14.3 Å². The summed E-state index contributed by atoms with van der Waals surface area (Å²) in [5.74, 6) is 1.03. The number of carbonyl (C=O) groups is 1. The summed E-state index contributed by atoms with van der Waals surface area (Å²) in [6.07, 6.45) is 9.38. The number of hydrogen-bond donors (Lipinski definition) is 0. The third-order valence-corrected chi connectivity index (χ3v) is 6.12. The van der Waals surface area contributed by atoms with Crippen molar-refractivity contribution in [2.24, 2.45) is 0 Å². The Morgan fingerprint density at radius 3 is 2.67 bits per heavy atom. The van der Waals surface area contributed by atoms with Gasteiger partial charge < -0.3 is 18.8 Å². The number of likely N-dealkylation sites (tertiary alicyclic amines) is 1. The number of aryl methyl sites for hydroxylation is 1. The van der Waals surface area contributed by atoms with Gasteiger partial charge in [-0.1, -0.05) is 12.1 Å². The Bertz CT molecular complexity index is 1030. The molecule has 6 nitrogen and oxygen atoms in total. The van der Waals surface area contributed by atoms with Gasteiger partial charge in [0.25, 0.3) is 5.91 Å². The molecule has 1 amide bonds. The van der Waals surface area contributed by atoms with Crippen molar-refractivity contribution in [3.63, 3.8) is 0 Å². The average molecular weight is 405 g/mol. The summed E-state index contributed by atoms with van der Waals surface area (Å²) in [5, 5.41) is 0. The molecule has 6 heteroatoms. The number of amides is 1. The summed E-state index contributed by atoms with van der Waals surface area (Å²) < 4.78 is 13.8. The van der Waals surface area contributed by atoms with Crippen molar-refractivity contribution in [3.8, 4) is 16.9 Å². The minimum Gasteiger partial charge on any atom is -0.490 e. The molecule has 0 spiro atoms. The van der Waals surface area contributed by atoms with Crippen LogP contribution >= 0.6 is 0 Å². The number of ether oxygens (including phenoxy) is 2. The van der Waals surface area contributed by atoms with Crippen molar-refractivity contribution >= 4 is 11.6 Å². The second-order valence-electron chi connectivity index (χ2n) is 8.24. The zero-order chi connectivity index (χ0) is 20.5. The lowest BCUT2D eigenvalue weighted by molar-refractivity contribution is -0.142. The first-order valence-corrected chi connectivity index (χ1v) is 10.8. The van der Waals surface area contributed by atoms with E-state index in [1.54, 1.807) is 0 Å². The molecule has 2 aromatic heterocycles. The number of rotatable bonds is 4. The number of aromatic nitrogens is 2. The Hall–Kier alpha value is -2.86.